The van der Waals surface area contributed by atoms with E-state index in [4.69, 9.17) is 14.2 Å². The van der Waals surface area contributed by atoms with Gasteiger partial charge in [-0.15, -0.1) is 0 Å². The Morgan fingerprint density at radius 3 is 2.12 bits per heavy atom. The van der Waals surface area contributed by atoms with E-state index in [0.29, 0.717) is 6.04 Å². The molecular weight excluding hydrogens is 218 g/mol. The van der Waals surface area contributed by atoms with Crippen molar-refractivity contribution in [2.45, 2.75) is 18.9 Å². The topological polar surface area (TPSA) is 39.7 Å². The Balaban J connectivity index is 2.45. The zero-order valence-corrected chi connectivity index (χ0v) is 10.6. The minimum atomic E-state index is 0.311. The largest absolute Gasteiger partial charge is 0.496 e. The molecule has 0 saturated carbocycles. The molecule has 1 atom stereocenters. The van der Waals surface area contributed by atoms with Gasteiger partial charge in [-0.2, -0.15) is 0 Å². The van der Waals surface area contributed by atoms with Gasteiger partial charge in [0.25, 0.3) is 0 Å². The highest BCUT2D eigenvalue weighted by molar-refractivity contribution is 5.52. The van der Waals surface area contributed by atoms with Gasteiger partial charge in [-0.3, -0.25) is 0 Å². The van der Waals surface area contributed by atoms with Crippen molar-refractivity contribution in [2.75, 3.05) is 27.9 Å². The Bertz CT molecular complexity index is 361. The molecule has 1 aliphatic heterocycles. The summed E-state index contributed by atoms with van der Waals surface area (Å²) in [4.78, 5) is 0. The molecule has 4 heteroatoms. The maximum absolute atomic E-state index is 5.44. The van der Waals surface area contributed by atoms with Crippen LogP contribution in [0.2, 0.25) is 0 Å². The van der Waals surface area contributed by atoms with Crippen molar-refractivity contribution < 1.29 is 14.2 Å². The van der Waals surface area contributed by atoms with Crippen LogP contribution in [-0.2, 0) is 0 Å². The van der Waals surface area contributed by atoms with E-state index >= 15 is 0 Å². The number of ether oxygens (including phenoxy) is 3. The summed E-state index contributed by atoms with van der Waals surface area (Å²) in [7, 11) is 4.99. The molecule has 4 nitrogen and oxygen atoms in total. The van der Waals surface area contributed by atoms with E-state index in [2.05, 4.69) is 5.32 Å². The van der Waals surface area contributed by atoms with Crippen LogP contribution in [-0.4, -0.2) is 27.9 Å². The quantitative estimate of drug-likeness (QED) is 0.871. The van der Waals surface area contributed by atoms with Gasteiger partial charge in [0, 0.05) is 18.2 Å². The molecule has 1 aromatic rings. The van der Waals surface area contributed by atoms with Gasteiger partial charge >= 0.3 is 0 Å². The molecule has 1 heterocycles. The van der Waals surface area contributed by atoms with Gasteiger partial charge in [-0.25, -0.2) is 0 Å². The molecule has 1 aliphatic rings. The third-order valence-electron chi connectivity index (χ3n) is 3.16. The molecule has 0 bridgehead atoms. The molecule has 0 radical (unpaired) electrons. The zero-order chi connectivity index (χ0) is 12.3. The smallest absolute Gasteiger partial charge is 0.131 e. The van der Waals surface area contributed by atoms with Crippen LogP contribution in [0.3, 0.4) is 0 Å². The van der Waals surface area contributed by atoms with Crippen molar-refractivity contribution in [3.63, 3.8) is 0 Å². The van der Waals surface area contributed by atoms with Gasteiger partial charge in [0.2, 0.25) is 0 Å². The SMILES string of the molecule is COc1cc(OC)c(C2CCCN2)c(OC)c1. The maximum atomic E-state index is 5.44. The maximum Gasteiger partial charge on any atom is 0.131 e. The molecular formula is C13H19NO3. The number of benzene rings is 1. The highest BCUT2D eigenvalue weighted by atomic mass is 16.5. The minimum Gasteiger partial charge on any atom is -0.496 e. The molecule has 0 aliphatic carbocycles. The van der Waals surface area contributed by atoms with Crippen molar-refractivity contribution in [3.05, 3.63) is 17.7 Å². The van der Waals surface area contributed by atoms with E-state index in [0.717, 1.165) is 35.8 Å². The highest BCUT2D eigenvalue weighted by Crippen LogP contribution is 2.40. The van der Waals surface area contributed by atoms with Gasteiger partial charge in [-0.05, 0) is 19.4 Å². The van der Waals surface area contributed by atoms with Crippen LogP contribution in [0.5, 0.6) is 17.2 Å². The molecule has 1 N–H and O–H groups in total. The molecule has 17 heavy (non-hydrogen) atoms. The van der Waals surface area contributed by atoms with E-state index in [1.54, 1.807) is 21.3 Å². The average molecular weight is 237 g/mol. The number of rotatable bonds is 4. The highest BCUT2D eigenvalue weighted by Gasteiger charge is 2.24. The van der Waals surface area contributed by atoms with Crippen LogP contribution in [0.4, 0.5) is 0 Å². The fourth-order valence-corrected chi connectivity index (χ4v) is 2.31. The van der Waals surface area contributed by atoms with Gasteiger partial charge < -0.3 is 19.5 Å². The lowest BCUT2D eigenvalue weighted by atomic mass is 10.0. The number of nitrogens with one attached hydrogen (secondary N) is 1. The summed E-state index contributed by atoms with van der Waals surface area (Å²) in [5.74, 6) is 2.39. The van der Waals surface area contributed by atoms with Crippen molar-refractivity contribution in [2.24, 2.45) is 0 Å². The number of hydrogen-bond acceptors (Lipinski definition) is 4. The van der Waals surface area contributed by atoms with Crippen LogP contribution in [0, 0.1) is 0 Å². The number of hydrogen-bond donors (Lipinski definition) is 1. The van der Waals surface area contributed by atoms with E-state index in [-0.39, 0.29) is 0 Å². The summed E-state index contributed by atoms with van der Waals surface area (Å²) in [5.41, 5.74) is 1.09. The predicted octanol–water partition coefficient (Wildman–Crippen LogP) is 2.14. The van der Waals surface area contributed by atoms with Crippen LogP contribution in [0.1, 0.15) is 24.4 Å². The average Bonchev–Trinajstić information content (AvgIpc) is 2.90. The monoisotopic (exact) mass is 237 g/mol. The summed E-state index contributed by atoms with van der Waals surface area (Å²) in [6.45, 7) is 1.04. The first kappa shape index (κ1) is 12.0. The van der Waals surface area contributed by atoms with Crippen LogP contribution >= 0.6 is 0 Å². The van der Waals surface area contributed by atoms with Crippen molar-refractivity contribution in [1.82, 2.24) is 5.32 Å². The Labute approximate surface area is 102 Å². The summed E-state index contributed by atoms with van der Waals surface area (Å²) in [6, 6.07) is 4.11. The van der Waals surface area contributed by atoms with Crippen LogP contribution in [0.15, 0.2) is 12.1 Å². The molecule has 94 valence electrons. The molecule has 0 amide bonds. The fraction of sp³-hybridized carbons (Fsp3) is 0.538. The minimum absolute atomic E-state index is 0.311. The molecule has 0 spiro atoms. The molecule has 1 fully saturated rings. The van der Waals surface area contributed by atoms with Crippen LogP contribution < -0.4 is 19.5 Å². The van der Waals surface area contributed by atoms with Crippen molar-refractivity contribution >= 4 is 0 Å². The lowest BCUT2D eigenvalue weighted by Gasteiger charge is -2.19. The Morgan fingerprint density at radius 2 is 1.71 bits per heavy atom. The molecule has 1 unspecified atom stereocenters. The van der Waals surface area contributed by atoms with Gasteiger partial charge in [-0.1, -0.05) is 0 Å². The van der Waals surface area contributed by atoms with E-state index in [1.165, 1.54) is 6.42 Å². The third-order valence-corrected chi connectivity index (χ3v) is 3.16. The Hall–Kier alpha value is -1.42. The van der Waals surface area contributed by atoms with Gasteiger partial charge in [0.15, 0.2) is 0 Å². The third kappa shape index (κ3) is 2.31. The van der Waals surface area contributed by atoms with E-state index in [1.807, 2.05) is 12.1 Å². The Morgan fingerprint density at radius 1 is 1.06 bits per heavy atom. The summed E-state index contributed by atoms with van der Waals surface area (Å²) in [5, 5.41) is 3.46. The molecule has 1 saturated heterocycles. The predicted molar refractivity (Wildman–Crippen MR) is 66.1 cm³/mol. The molecule has 2 rings (SSSR count). The van der Waals surface area contributed by atoms with Crippen molar-refractivity contribution in [3.8, 4) is 17.2 Å². The van der Waals surface area contributed by atoms with E-state index in [9.17, 15) is 0 Å². The Kier molecular flexibility index (Phi) is 3.74. The van der Waals surface area contributed by atoms with Crippen LogP contribution in [0.25, 0.3) is 0 Å². The molecule has 1 aromatic carbocycles. The lowest BCUT2D eigenvalue weighted by Crippen LogP contribution is -2.15. The van der Waals surface area contributed by atoms with Gasteiger partial charge in [0.1, 0.15) is 17.2 Å². The normalized spacial score (nSPS) is 19.1. The first-order chi connectivity index (χ1) is 8.30. The molecule has 0 aromatic heterocycles. The second-order valence-electron chi connectivity index (χ2n) is 4.09. The fourth-order valence-electron chi connectivity index (χ4n) is 2.31. The zero-order valence-electron chi connectivity index (χ0n) is 10.6. The number of methoxy groups -OCH3 is 3. The van der Waals surface area contributed by atoms with Crippen molar-refractivity contribution in [1.29, 1.82) is 0 Å². The first-order valence-corrected chi connectivity index (χ1v) is 5.83. The summed E-state index contributed by atoms with van der Waals surface area (Å²) >= 11 is 0. The second-order valence-corrected chi connectivity index (χ2v) is 4.09. The summed E-state index contributed by atoms with van der Waals surface area (Å²) in [6.07, 6.45) is 2.29. The first-order valence-electron chi connectivity index (χ1n) is 5.83. The second kappa shape index (κ2) is 5.27. The lowest BCUT2D eigenvalue weighted by molar-refractivity contribution is 0.361. The van der Waals surface area contributed by atoms with E-state index < -0.39 is 0 Å². The standard InChI is InChI=1S/C13H19NO3/c1-15-9-7-11(16-2)13(12(8-9)17-3)10-5-4-6-14-10/h7-8,10,14H,4-6H2,1-3H3. The van der Waals surface area contributed by atoms with Gasteiger partial charge in [0.05, 0.1) is 26.9 Å². The summed E-state index contributed by atoms with van der Waals surface area (Å²) < 4.78 is 16.1.